The average molecular weight is 529 g/mol. The first-order valence-corrected chi connectivity index (χ1v) is 11.2. The molecule has 4 nitrogen and oxygen atoms in total. The normalized spacial score (nSPS) is 11.4. The van der Waals surface area contributed by atoms with Crippen LogP contribution < -0.4 is 5.01 Å². The van der Waals surface area contributed by atoms with Crippen LogP contribution in [-0.4, -0.2) is 17.1 Å². The van der Waals surface area contributed by atoms with Gasteiger partial charge in [0, 0.05) is 4.47 Å². The topological polar surface area (TPSA) is 45.6 Å². The molecular weight excluding hydrogens is 520 g/mol. The van der Waals surface area contributed by atoms with Crippen LogP contribution in [0.3, 0.4) is 0 Å². The van der Waals surface area contributed by atoms with Crippen molar-refractivity contribution in [3.8, 4) is 0 Å². The number of hydrogen-bond acceptors (Lipinski definition) is 5. The fraction of sp³-hybridized carbons (Fsp3) is 0. The summed E-state index contributed by atoms with van der Waals surface area (Å²) in [5.74, 6) is -0.818. The number of fused-ring (bicyclic) bond motifs is 1. The molecule has 0 bridgehead atoms. The van der Waals surface area contributed by atoms with Gasteiger partial charge >= 0.3 is 0 Å². The Hall–Kier alpha value is -1.84. The molecule has 0 radical (unpaired) electrons. The zero-order valence-corrected chi connectivity index (χ0v) is 19.0. The highest BCUT2D eigenvalue weighted by Gasteiger charge is 2.24. The Balaban J connectivity index is 1.77. The van der Waals surface area contributed by atoms with Crippen LogP contribution in [0.15, 0.2) is 58.1 Å². The highest BCUT2D eigenvalue weighted by atomic mass is 79.9. The predicted molar refractivity (Wildman–Crippen MR) is 122 cm³/mol. The van der Waals surface area contributed by atoms with E-state index in [2.05, 4.69) is 26.0 Å². The Morgan fingerprint density at radius 3 is 2.59 bits per heavy atom. The SMILES string of the molecule is O=C(c1cc(Cl)sc1Cl)N(/N=C/c1ccc(F)cc1)c1nc2ccc(Br)cc2s1. The summed E-state index contributed by atoms with van der Waals surface area (Å²) in [6, 6.07) is 12.9. The monoisotopic (exact) mass is 527 g/mol. The van der Waals surface area contributed by atoms with Crippen molar-refractivity contribution < 1.29 is 9.18 Å². The van der Waals surface area contributed by atoms with Crippen LogP contribution >= 0.6 is 61.8 Å². The minimum Gasteiger partial charge on any atom is -0.267 e. The van der Waals surface area contributed by atoms with Crippen LogP contribution in [0.2, 0.25) is 8.67 Å². The van der Waals surface area contributed by atoms with Gasteiger partial charge in [-0.1, -0.05) is 62.6 Å². The molecule has 29 heavy (non-hydrogen) atoms. The second-order valence-corrected chi connectivity index (χ2v) is 9.97. The van der Waals surface area contributed by atoms with E-state index in [1.54, 1.807) is 12.1 Å². The first-order valence-electron chi connectivity index (χ1n) is 8.05. The molecule has 10 heteroatoms. The molecular formula is C19H9BrCl2FN3OS2. The first-order chi connectivity index (χ1) is 13.9. The standard InChI is InChI=1S/C19H9BrCl2FN3OS2/c20-11-3-6-14-15(7-11)28-19(25-14)26(18(27)13-8-16(21)29-17(13)22)24-9-10-1-4-12(23)5-2-10/h1-9H/b24-9+. The summed E-state index contributed by atoms with van der Waals surface area (Å²) in [6.07, 6.45) is 1.46. The zero-order valence-electron chi connectivity index (χ0n) is 14.3. The van der Waals surface area contributed by atoms with Gasteiger partial charge in [-0.05, 0) is 42.0 Å². The Labute approximate surface area is 191 Å². The third kappa shape index (κ3) is 4.51. The summed E-state index contributed by atoms with van der Waals surface area (Å²) in [5.41, 5.74) is 1.60. The van der Waals surface area contributed by atoms with Crippen molar-refractivity contribution in [2.45, 2.75) is 0 Å². The lowest BCUT2D eigenvalue weighted by atomic mass is 10.2. The van der Waals surface area contributed by atoms with Gasteiger partial charge in [-0.3, -0.25) is 4.79 Å². The highest BCUT2D eigenvalue weighted by Crippen LogP contribution is 2.35. The summed E-state index contributed by atoms with van der Waals surface area (Å²) in [4.78, 5) is 17.7. The Morgan fingerprint density at radius 2 is 1.90 bits per heavy atom. The first kappa shape index (κ1) is 20.4. The van der Waals surface area contributed by atoms with Crippen LogP contribution in [0, 0.1) is 5.82 Å². The van der Waals surface area contributed by atoms with Gasteiger partial charge in [0.2, 0.25) is 5.13 Å². The molecule has 2 aromatic carbocycles. The van der Waals surface area contributed by atoms with Gasteiger partial charge in [-0.15, -0.1) is 11.3 Å². The van der Waals surface area contributed by atoms with Crippen LogP contribution in [0.5, 0.6) is 0 Å². The fourth-order valence-electron chi connectivity index (χ4n) is 2.44. The molecule has 4 aromatic rings. The summed E-state index contributed by atoms with van der Waals surface area (Å²) >= 11 is 18.0. The lowest BCUT2D eigenvalue weighted by Gasteiger charge is -2.13. The number of hydrazone groups is 1. The number of carbonyl (C=O) groups is 1. The average Bonchev–Trinajstić information content (AvgIpc) is 3.25. The molecule has 0 saturated carbocycles. The maximum atomic E-state index is 13.2. The van der Waals surface area contributed by atoms with E-state index in [0.29, 0.717) is 15.0 Å². The molecule has 0 N–H and O–H groups in total. The predicted octanol–water partition coefficient (Wildman–Crippen LogP) is 7.25. The second-order valence-electron chi connectivity index (χ2n) is 5.76. The molecule has 2 aromatic heterocycles. The minimum atomic E-state index is -0.463. The van der Waals surface area contributed by atoms with Gasteiger partial charge < -0.3 is 0 Å². The van der Waals surface area contributed by atoms with E-state index in [1.807, 2.05) is 18.2 Å². The molecule has 0 aliphatic heterocycles. The number of benzene rings is 2. The molecule has 0 aliphatic carbocycles. The van der Waals surface area contributed by atoms with Gasteiger partial charge in [-0.2, -0.15) is 10.1 Å². The number of amides is 1. The molecule has 1 amide bonds. The molecule has 0 atom stereocenters. The lowest BCUT2D eigenvalue weighted by molar-refractivity contribution is 0.0988. The van der Waals surface area contributed by atoms with Gasteiger partial charge in [0.15, 0.2) is 0 Å². The van der Waals surface area contributed by atoms with Crippen molar-refractivity contribution in [3.63, 3.8) is 0 Å². The molecule has 0 saturated heterocycles. The van der Waals surface area contributed by atoms with Gasteiger partial charge in [-0.25, -0.2) is 9.37 Å². The number of halogens is 4. The third-order valence-electron chi connectivity index (χ3n) is 3.79. The number of thiazole rings is 1. The smallest absolute Gasteiger partial charge is 0.267 e. The highest BCUT2D eigenvalue weighted by molar-refractivity contribution is 9.10. The largest absolute Gasteiger partial charge is 0.283 e. The number of carbonyl (C=O) groups excluding carboxylic acids is 1. The number of aromatic nitrogens is 1. The number of hydrogen-bond donors (Lipinski definition) is 0. The van der Waals surface area contributed by atoms with E-state index < -0.39 is 5.91 Å². The number of anilines is 1. The van der Waals surface area contributed by atoms with Crippen molar-refractivity contribution in [3.05, 3.63) is 78.6 Å². The van der Waals surface area contributed by atoms with Crippen molar-refractivity contribution >= 4 is 89.3 Å². The Morgan fingerprint density at radius 1 is 1.14 bits per heavy atom. The van der Waals surface area contributed by atoms with E-state index in [9.17, 15) is 9.18 Å². The van der Waals surface area contributed by atoms with Crippen molar-refractivity contribution in [1.82, 2.24) is 4.98 Å². The maximum Gasteiger partial charge on any atom is 0.283 e. The molecule has 0 unspecified atom stereocenters. The zero-order chi connectivity index (χ0) is 20.5. The summed E-state index contributed by atoms with van der Waals surface area (Å²) in [6.45, 7) is 0. The van der Waals surface area contributed by atoms with Crippen molar-refractivity contribution in [2.75, 3.05) is 5.01 Å². The van der Waals surface area contributed by atoms with Crippen LogP contribution in [-0.2, 0) is 0 Å². The number of nitrogens with zero attached hydrogens (tertiary/aromatic N) is 3. The molecule has 146 valence electrons. The summed E-state index contributed by atoms with van der Waals surface area (Å²) in [7, 11) is 0. The Bertz CT molecular complexity index is 1240. The van der Waals surface area contributed by atoms with Gasteiger partial charge in [0.05, 0.1) is 26.3 Å². The molecule has 0 aliphatic rings. The summed E-state index contributed by atoms with van der Waals surface area (Å²) in [5, 5.41) is 5.86. The van der Waals surface area contributed by atoms with Crippen molar-refractivity contribution in [2.24, 2.45) is 5.10 Å². The Kier molecular flexibility index (Phi) is 5.98. The van der Waals surface area contributed by atoms with E-state index in [1.165, 1.54) is 40.8 Å². The molecule has 2 heterocycles. The van der Waals surface area contributed by atoms with E-state index >= 15 is 0 Å². The third-order valence-corrected chi connectivity index (χ3v) is 6.77. The van der Waals surface area contributed by atoms with Crippen LogP contribution in [0.25, 0.3) is 10.2 Å². The molecule has 0 spiro atoms. The molecule has 0 fully saturated rings. The van der Waals surface area contributed by atoms with E-state index in [-0.39, 0.29) is 15.7 Å². The lowest BCUT2D eigenvalue weighted by Crippen LogP contribution is -2.25. The quantitative estimate of drug-likeness (QED) is 0.207. The summed E-state index contributed by atoms with van der Waals surface area (Å²) < 4.78 is 15.6. The van der Waals surface area contributed by atoms with Crippen molar-refractivity contribution in [1.29, 1.82) is 0 Å². The number of rotatable bonds is 4. The van der Waals surface area contributed by atoms with Gasteiger partial charge in [0.25, 0.3) is 5.91 Å². The molecule has 4 rings (SSSR count). The van der Waals surface area contributed by atoms with E-state index in [4.69, 9.17) is 23.2 Å². The van der Waals surface area contributed by atoms with Crippen LogP contribution in [0.1, 0.15) is 15.9 Å². The fourth-order valence-corrected chi connectivity index (χ4v) is 5.36. The van der Waals surface area contributed by atoms with Gasteiger partial charge in [0.1, 0.15) is 10.2 Å². The minimum absolute atomic E-state index is 0.235. The second kappa shape index (κ2) is 8.49. The maximum absolute atomic E-state index is 13.2. The van der Waals surface area contributed by atoms with E-state index in [0.717, 1.165) is 26.0 Å². The van der Waals surface area contributed by atoms with Crippen LogP contribution in [0.4, 0.5) is 9.52 Å². The number of thiophene rings is 1.